The first-order valence-electron chi connectivity index (χ1n) is 10.7. The van der Waals surface area contributed by atoms with Gasteiger partial charge in [-0.05, 0) is 56.4 Å². The summed E-state index contributed by atoms with van der Waals surface area (Å²) in [5.74, 6) is 1.13. The minimum Gasteiger partial charge on any atom is -0.323 e. The zero-order valence-corrected chi connectivity index (χ0v) is 17.1. The van der Waals surface area contributed by atoms with Crippen LogP contribution in [-0.4, -0.2) is 20.7 Å². The van der Waals surface area contributed by atoms with Crippen LogP contribution in [0.2, 0.25) is 0 Å². The summed E-state index contributed by atoms with van der Waals surface area (Å²) in [4.78, 5) is 13.1. The van der Waals surface area contributed by atoms with Crippen LogP contribution in [0.15, 0.2) is 42.5 Å². The molecule has 5 rings (SSSR count). The lowest BCUT2D eigenvalue weighted by Gasteiger charge is -2.17. The van der Waals surface area contributed by atoms with Gasteiger partial charge in [0.2, 0.25) is 5.91 Å². The molecule has 0 atom stereocenters. The first-order chi connectivity index (χ1) is 14.6. The number of carbonyl (C=O) groups is 1. The van der Waals surface area contributed by atoms with Gasteiger partial charge in [0, 0.05) is 18.5 Å². The predicted octanol–water partition coefficient (Wildman–Crippen LogP) is 4.79. The Labute approximate surface area is 175 Å². The van der Waals surface area contributed by atoms with E-state index in [0.717, 1.165) is 67.0 Å². The number of fused-ring (bicyclic) bond motifs is 1. The van der Waals surface area contributed by atoms with Crippen molar-refractivity contribution >= 4 is 11.6 Å². The van der Waals surface area contributed by atoms with Crippen LogP contribution in [0.3, 0.4) is 0 Å². The van der Waals surface area contributed by atoms with E-state index >= 15 is 0 Å². The molecule has 1 aliphatic heterocycles. The van der Waals surface area contributed by atoms with Crippen molar-refractivity contribution in [2.75, 3.05) is 5.32 Å². The lowest BCUT2D eigenvalue weighted by molar-refractivity contribution is -0.118. The number of aryl methyl sites for hydroxylation is 2. The third-order valence-electron chi connectivity index (χ3n) is 6.34. The monoisotopic (exact) mass is 404 g/mol. The van der Waals surface area contributed by atoms with Crippen molar-refractivity contribution in [3.63, 3.8) is 0 Å². The highest BCUT2D eigenvalue weighted by Crippen LogP contribution is 2.49. The summed E-state index contributed by atoms with van der Waals surface area (Å²) in [6, 6.07) is 12.8. The smallest absolute Gasteiger partial charge is 0.235 e. The summed E-state index contributed by atoms with van der Waals surface area (Å²) >= 11 is 0. The highest BCUT2D eigenvalue weighted by atomic mass is 19.1. The molecule has 2 aliphatic rings. The average molecular weight is 404 g/mol. The second kappa shape index (κ2) is 7.35. The van der Waals surface area contributed by atoms with Gasteiger partial charge in [-0.1, -0.05) is 36.2 Å². The van der Waals surface area contributed by atoms with Crippen LogP contribution in [0.1, 0.15) is 49.1 Å². The quantitative estimate of drug-likeness (QED) is 0.680. The molecule has 2 aromatic carbocycles. The second-order valence-corrected chi connectivity index (χ2v) is 8.50. The maximum Gasteiger partial charge on any atom is 0.235 e. The normalized spacial score (nSPS) is 17.1. The molecule has 1 saturated carbocycles. The molecule has 0 saturated heterocycles. The minimum absolute atomic E-state index is 0.149. The Morgan fingerprint density at radius 2 is 1.97 bits per heavy atom. The fourth-order valence-electron chi connectivity index (χ4n) is 4.42. The number of carbonyl (C=O) groups excluding carboxylic acids is 1. The van der Waals surface area contributed by atoms with Gasteiger partial charge in [-0.3, -0.25) is 4.79 Å². The Morgan fingerprint density at radius 3 is 2.77 bits per heavy atom. The van der Waals surface area contributed by atoms with E-state index in [4.69, 9.17) is 0 Å². The largest absolute Gasteiger partial charge is 0.323 e. The van der Waals surface area contributed by atoms with Gasteiger partial charge in [0.05, 0.1) is 11.1 Å². The van der Waals surface area contributed by atoms with Gasteiger partial charge in [0.15, 0.2) is 5.82 Å². The van der Waals surface area contributed by atoms with E-state index in [9.17, 15) is 9.18 Å². The predicted molar refractivity (Wildman–Crippen MR) is 114 cm³/mol. The van der Waals surface area contributed by atoms with Crippen LogP contribution < -0.4 is 5.32 Å². The maximum absolute atomic E-state index is 14.6. The van der Waals surface area contributed by atoms with Gasteiger partial charge in [-0.15, -0.1) is 10.2 Å². The standard InChI is InChI=1S/C24H25FN4O/c1-16-6-5-7-18(14-16)24(11-12-24)23(30)26-20-15-17(9-10-19(20)25)22-28-27-21-8-3-2-4-13-29(21)22/h5-7,9-10,14-15H,2-4,8,11-13H2,1H3,(H,26,30). The van der Waals surface area contributed by atoms with Crippen molar-refractivity contribution in [3.05, 3.63) is 65.2 Å². The lowest BCUT2D eigenvalue weighted by Crippen LogP contribution is -2.28. The summed E-state index contributed by atoms with van der Waals surface area (Å²) in [7, 11) is 0. The maximum atomic E-state index is 14.6. The van der Waals surface area contributed by atoms with Crippen LogP contribution >= 0.6 is 0 Å². The number of nitrogens with one attached hydrogen (secondary N) is 1. The Bertz CT molecular complexity index is 1120. The highest BCUT2D eigenvalue weighted by Gasteiger charge is 2.51. The Hall–Kier alpha value is -3.02. The first-order valence-corrected chi connectivity index (χ1v) is 10.7. The first kappa shape index (κ1) is 19.0. The van der Waals surface area contributed by atoms with E-state index in [1.165, 1.54) is 12.5 Å². The number of halogens is 1. The fourth-order valence-corrected chi connectivity index (χ4v) is 4.42. The molecule has 6 heteroatoms. The average Bonchev–Trinajstić information content (AvgIpc) is 3.51. The number of hydrogen-bond donors (Lipinski definition) is 1. The zero-order chi connectivity index (χ0) is 20.7. The van der Waals surface area contributed by atoms with E-state index in [0.29, 0.717) is 0 Å². The van der Waals surface area contributed by atoms with Crippen LogP contribution in [0.25, 0.3) is 11.4 Å². The Balaban J connectivity index is 1.44. The van der Waals surface area contributed by atoms with Crippen LogP contribution in [0.4, 0.5) is 10.1 Å². The highest BCUT2D eigenvalue weighted by molar-refractivity contribution is 6.01. The number of nitrogens with zero attached hydrogens (tertiary/aromatic N) is 3. The molecule has 0 unspecified atom stereocenters. The van der Waals surface area contributed by atoms with Crippen molar-refractivity contribution in [2.45, 2.75) is 57.4 Å². The molecule has 1 fully saturated rings. The molecule has 154 valence electrons. The number of aromatic nitrogens is 3. The minimum atomic E-state index is -0.555. The molecule has 1 N–H and O–H groups in total. The van der Waals surface area contributed by atoms with Crippen LogP contribution in [0.5, 0.6) is 0 Å². The Morgan fingerprint density at radius 1 is 1.10 bits per heavy atom. The number of anilines is 1. The van der Waals surface area contributed by atoms with Crippen LogP contribution in [-0.2, 0) is 23.2 Å². The van der Waals surface area contributed by atoms with Crippen molar-refractivity contribution < 1.29 is 9.18 Å². The third kappa shape index (κ3) is 3.30. The van der Waals surface area contributed by atoms with Gasteiger partial charge in [-0.25, -0.2) is 4.39 Å². The van der Waals surface area contributed by atoms with E-state index in [2.05, 4.69) is 20.1 Å². The molecule has 1 aromatic heterocycles. The SMILES string of the molecule is Cc1cccc(C2(C(=O)Nc3cc(-c4nnc5n4CCCCC5)ccc3F)CC2)c1. The molecule has 2 heterocycles. The fraction of sp³-hybridized carbons (Fsp3) is 0.375. The number of amides is 1. The molecule has 1 amide bonds. The third-order valence-corrected chi connectivity index (χ3v) is 6.34. The van der Waals surface area contributed by atoms with E-state index in [-0.39, 0.29) is 11.6 Å². The molecule has 5 nitrogen and oxygen atoms in total. The van der Waals surface area contributed by atoms with Gasteiger partial charge in [0.1, 0.15) is 11.6 Å². The topological polar surface area (TPSA) is 59.8 Å². The number of benzene rings is 2. The molecule has 30 heavy (non-hydrogen) atoms. The lowest BCUT2D eigenvalue weighted by atomic mass is 9.93. The number of rotatable bonds is 4. The molecule has 0 spiro atoms. The molecule has 1 aliphatic carbocycles. The second-order valence-electron chi connectivity index (χ2n) is 8.50. The van der Waals surface area contributed by atoms with E-state index < -0.39 is 11.2 Å². The summed E-state index contributed by atoms with van der Waals surface area (Å²) in [5, 5.41) is 11.5. The van der Waals surface area contributed by atoms with Crippen LogP contribution in [0, 0.1) is 12.7 Å². The molecule has 3 aromatic rings. The summed E-state index contributed by atoms with van der Waals surface area (Å²) in [5.41, 5.74) is 2.53. The van der Waals surface area contributed by atoms with Gasteiger partial charge < -0.3 is 9.88 Å². The molecule has 0 radical (unpaired) electrons. The van der Waals surface area contributed by atoms with E-state index in [1.807, 2.05) is 31.2 Å². The van der Waals surface area contributed by atoms with Crippen molar-refractivity contribution in [1.29, 1.82) is 0 Å². The molecule has 0 bridgehead atoms. The molecular formula is C24H25FN4O. The van der Waals surface area contributed by atoms with Crippen molar-refractivity contribution in [3.8, 4) is 11.4 Å². The number of hydrogen-bond acceptors (Lipinski definition) is 3. The van der Waals surface area contributed by atoms with Crippen molar-refractivity contribution in [2.24, 2.45) is 0 Å². The van der Waals surface area contributed by atoms with Gasteiger partial charge >= 0.3 is 0 Å². The zero-order valence-electron chi connectivity index (χ0n) is 17.1. The molecular weight excluding hydrogens is 379 g/mol. The summed E-state index contributed by atoms with van der Waals surface area (Å²) < 4.78 is 16.7. The van der Waals surface area contributed by atoms with Gasteiger partial charge in [-0.2, -0.15) is 0 Å². The summed E-state index contributed by atoms with van der Waals surface area (Å²) in [6.07, 6.45) is 5.85. The van der Waals surface area contributed by atoms with Crippen molar-refractivity contribution in [1.82, 2.24) is 14.8 Å². The Kier molecular flexibility index (Phi) is 4.65. The van der Waals surface area contributed by atoms with E-state index in [1.54, 1.807) is 12.1 Å². The summed E-state index contributed by atoms with van der Waals surface area (Å²) in [6.45, 7) is 2.88. The van der Waals surface area contributed by atoms with Gasteiger partial charge in [0.25, 0.3) is 0 Å².